The van der Waals surface area contributed by atoms with Gasteiger partial charge >= 0.3 is 11.9 Å². The number of benzene rings is 1. The quantitative estimate of drug-likeness (QED) is 0.648. The molecule has 1 saturated heterocycles. The second-order valence-electron chi connectivity index (χ2n) is 6.37. The largest absolute Gasteiger partial charge is 0.466 e. The molecule has 0 saturated carbocycles. The number of likely N-dealkylation sites (tertiary alicyclic amines) is 1. The number of piperidine rings is 1. The van der Waals surface area contributed by atoms with Crippen LogP contribution in [0.4, 0.5) is 0 Å². The van der Waals surface area contributed by atoms with Gasteiger partial charge in [0.2, 0.25) is 0 Å². The lowest BCUT2D eigenvalue weighted by molar-refractivity contribution is -0.151. The van der Waals surface area contributed by atoms with Crippen molar-refractivity contribution in [3.05, 3.63) is 33.1 Å². The number of rotatable bonds is 5. The Labute approximate surface area is 176 Å². The van der Waals surface area contributed by atoms with E-state index in [0.717, 1.165) is 10.1 Å². The van der Waals surface area contributed by atoms with Crippen LogP contribution in [0.5, 0.6) is 0 Å². The monoisotopic (exact) mass is 443 g/mol. The van der Waals surface area contributed by atoms with E-state index in [9.17, 15) is 14.4 Å². The van der Waals surface area contributed by atoms with Gasteiger partial charge < -0.3 is 14.4 Å². The van der Waals surface area contributed by atoms with Gasteiger partial charge in [0.1, 0.15) is 4.88 Å². The summed E-state index contributed by atoms with van der Waals surface area (Å²) in [6, 6.07) is 5.16. The van der Waals surface area contributed by atoms with Crippen LogP contribution in [0.1, 0.15) is 29.4 Å². The fraction of sp³-hybridized carbons (Fsp3) is 0.421. The number of carbonyl (C=O) groups is 3. The van der Waals surface area contributed by atoms with E-state index in [2.05, 4.69) is 0 Å². The van der Waals surface area contributed by atoms with Crippen LogP contribution in [0, 0.1) is 5.92 Å². The molecule has 3 rings (SSSR count). The number of ether oxygens (including phenoxy) is 2. The normalized spacial score (nSPS) is 14.9. The summed E-state index contributed by atoms with van der Waals surface area (Å²) in [5, 5.41) is 1.56. The zero-order valence-corrected chi connectivity index (χ0v) is 17.5. The molecule has 0 atom stereocenters. The second kappa shape index (κ2) is 9.11. The predicted molar refractivity (Wildman–Crippen MR) is 108 cm³/mol. The summed E-state index contributed by atoms with van der Waals surface area (Å²) in [6.07, 6.45) is 1.09. The van der Waals surface area contributed by atoms with Crippen molar-refractivity contribution in [2.75, 3.05) is 26.3 Å². The molecule has 1 fully saturated rings. The molecule has 2 heterocycles. The average molecular weight is 444 g/mol. The van der Waals surface area contributed by atoms with Crippen LogP contribution in [-0.2, 0) is 19.1 Å². The van der Waals surface area contributed by atoms with Crippen molar-refractivity contribution in [3.63, 3.8) is 0 Å². The van der Waals surface area contributed by atoms with Crippen LogP contribution in [0.3, 0.4) is 0 Å². The molecule has 1 aliphatic heterocycles. The highest BCUT2D eigenvalue weighted by molar-refractivity contribution is 7.21. The smallest absolute Gasteiger partial charge is 0.350 e. The third-order valence-corrected chi connectivity index (χ3v) is 6.44. The number of nitrogens with zero attached hydrogens (tertiary/aromatic N) is 1. The lowest BCUT2D eigenvalue weighted by Crippen LogP contribution is -2.42. The maximum Gasteiger partial charge on any atom is 0.350 e. The van der Waals surface area contributed by atoms with Gasteiger partial charge in [-0.2, -0.15) is 0 Å². The first-order valence-electron chi connectivity index (χ1n) is 8.89. The van der Waals surface area contributed by atoms with Crippen molar-refractivity contribution in [1.82, 2.24) is 4.90 Å². The van der Waals surface area contributed by atoms with E-state index in [1.165, 1.54) is 11.3 Å². The molecule has 0 radical (unpaired) electrons. The van der Waals surface area contributed by atoms with Gasteiger partial charge in [0.25, 0.3) is 5.91 Å². The summed E-state index contributed by atoms with van der Waals surface area (Å²) in [7, 11) is 0. The number of hydrogen-bond acceptors (Lipinski definition) is 6. The highest BCUT2D eigenvalue weighted by Gasteiger charge is 2.29. The summed E-state index contributed by atoms with van der Waals surface area (Å²) < 4.78 is 11.0. The second-order valence-corrected chi connectivity index (χ2v) is 8.24. The number of carbonyl (C=O) groups excluding carboxylic acids is 3. The van der Waals surface area contributed by atoms with E-state index in [1.807, 2.05) is 0 Å². The van der Waals surface area contributed by atoms with E-state index in [1.54, 1.807) is 30.0 Å². The predicted octanol–water partition coefficient (Wildman–Crippen LogP) is 4.17. The first-order valence-corrected chi connectivity index (χ1v) is 10.5. The van der Waals surface area contributed by atoms with E-state index >= 15 is 0 Å². The Morgan fingerprint density at radius 2 is 1.89 bits per heavy atom. The van der Waals surface area contributed by atoms with Crippen LogP contribution >= 0.6 is 34.5 Å². The molecule has 0 bridgehead atoms. The van der Waals surface area contributed by atoms with Gasteiger partial charge in [-0.15, -0.1) is 11.3 Å². The Bertz CT molecular complexity index is 905. The molecule has 0 aliphatic carbocycles. The SMILES string of the molecule is CCOC(=O)C1CCN(C(=O)COC(=O)c2sc3cc(Cl)ccc3c2Cl)CC1. The number of thiophene rings is 1. The van der Waals surface area contributed by atoms with Crippen molar-refractivity contribution in [1.29, 1.82) is 0 Å². The molecule has 0 N–H and O–H groups in total. The molecule has 2 aromatic rings. The van der Waals surface area contributed by atoms with Crippen LogP contribution in [-0.4, -0.2) is 49.0 Å². The average Bonchev–Trinajstić information content (AvgIpc) is 3.02. The minimum absolute atomic E-state index is 0.185. The fourth-order valence-corrected chi connectivity index (χ4v) is 4.76. The van der Waals surface area contributed by atoms with E-state index in [4.69, 9.17) is 32.7 Å². The summed E-state index contributed by atoms with van der Waals surface area (Å²) in [5.74, 6) is -1.34. The Balaban J connectivity index is 1.54. The third-order valence-electron chi connectivity index (χ3n) is 4.57. The molecule has 6 nitrogen and oxygen atoms in total. The van der Waals surface area contributed by atoms with Gasteiger partial charge in [0.15, 0.2) is 6.61 Å². The van der Waals surface area contributed by atoms with Gasteiger partial charge in [0.05, 0.1) is 17.5 Å². The number of esters is 2. The highest BCUT2D eigenvalue weighted by Crippen LogP contribution is 2.37. The fourth-order valence-electron chi connectivity index (χ4n) is 3.08. The molecule has 1 amide bonds. The zero-order chi connectivity index (χ0) is 20.3. The first-order chi connectivity index (χ1) is 13.4. The molecule has 1 aromatic carbocycles. The molecular weight excluding hydrogens is 425 g/mol. The molecule has 28 heavy (non-hydrogen) atoms. The maximum absolute atomic E-state index is 12.4. The van der Waals surface area contributed by atoms with Gasteiger partial charge in [-0.3, -0.25) is 9.59 Å². The lowest BCUT2D eigenvalue weighted by Gasteiger charge is -2.30. The molecule has 1 aromatic heterocycles. The molecular formula is C19H19Cl2NO5S. The molecule has 0 unspecified atom stereocenters. The first kappa shape index (κ1) is 20.9. The molecule has 1 aliphatic rings. The Kier molecular flexibility index (Phi) is 6.80. The summed E-state index contributed by atoms with van der Waals surface area (Å²) in [6.45, 7) is 2.61. The number of fused-ring (bicyclic) bond motifs is 1. The molecule has 150 valence electrons. The Hall–Kier alpha value is -1.83. The Morgan fingerprint density at radius 3 is 2.57 bits per heavy atom. The van der Waals surface area contributed by atoms with Gasteiger partial charge in [-0.05, 0) is 31.9 Å². The maximum atomic E-state index is 12.4. The topological polar surface area (TPSA) is 72.9 Å². The number of halogens is 2. The van der Waals surface area contributed by atoms with Crippen molar-refractivity contribution >= 4 is 62.5 Å². The van der Waals surface area contributed by atoms with E-state index in [0.29, 0.717) is 42.6 Å². The van der Waals surface area contributed by atoms with Crippen LogP contribution < -0.4 is 0 Å². The summed E-state index contributed by atoms with van der Waals surface area (Å²) in [5.41, 5.74) is 0. The van der Waals surface area contributed by atoms with Crippen LogP contribution in [0.15, 0.2) is 18.2 Å². The van der Waals surface area contributed by atoms with Crippen molar-refractivity contribution in [3.8, 4) is 0 Å². The van der Waals surface area contributed by atoms with Crippen molar-refractivity contribution in [2.24, 2.45) is 5.92 Å². The van der Waals surface area contributed by atoms with Gasteiger partial charge in [-0.1, -0.05) is 29.3 Å². The van der Waals surface area contributed by atoms with Gasteiger partial charge in [-0.25, -0.2) is 4.79 Å². The number of amides is 1. The van der Waals surface area contributed by atoms with Crippen molar-refractivity contribution in [2.45, 2.75) is 19.8 Å². The van der Waals surface area contributed by atoms with Crippen LogP contribution in [0.2, 0.25) is 10.0 Å². The molecule has 0 spiro atoms. The lowest BCUT2D eigenvalue weighted by atomic mass is 9.97. The third kappa shape index (κ3) is 4.59. The van der Waals surface area contributed by atoms with E-state index < -0.39 is 5.97 Å². The van der Waals surface area contributed by atoms with Crippen molar-refractivity contribution < 1.29 is 23.9 Å². The standard InChI is InChI=1S/C19H19Cl2NO5S/c1-2-26-18(24)11-5-7-22(8-6-11)15(23)10-27-19(25)17-16(21)13-4-3-12(20)9-14(13)28-17/h3-4,9,11H,2,5-8,10H2,1H3. The highest BCUT2D eigenvalue weighted by atomic mass is 35.5. The minimum Gasteiger partial charge on any atom is -0.466 e. The van der Waals surface area contributed by atoms with Gasteiger partial charge in [0, 0.05) is 28.2 Å². The molecule has 9 heteroatoms. The Morgan fingerprint density at radius 1 is 1.18 bits per heavy atom. The number of hydrogen-bond donors (Lipinski definition) is 0. The van der Waals surface area contributed by atoms with Crippen LogP contribution in [0.25, 0.3) is 10.1 Å². The van der Waals surface area contributed by atoms with E-state index in [-0.39, 0.29) is 29.3 Å². The minimum atomic E-state index is -0.642. The summed E-state index contributed by atoms with van der Waals surface area (Å²) >= 11 is 13.4. The zero-order valence-electron chi connectivity index (χ0n) is 15.2. The summed E-state index contributed by atoms with van der Waals surface area (Å²) in [4.78, 5) is 38.3.